The van der Waals surface area contributed by atoms with Gasteiger partial charge in [-0.1, -0.05) is 88.9 Å². The second kappa shape index (κ2) is 11.1. The van der Waals surface area contributed by atoms with Gasteiger partial charge in [0.2, 0.25) is 5.78 Å². The summed E-state index contributed by atoms with van der Waals surface area (Å²) in [5, 5.41) is 0. The van der Waals surface area contributed by atoms with Crippen LogP contribution in [0.1, 0.15) is 64.5 Å². The Hall–Kier alpha value is -2.95. The van der Waals surface area contributed by atoms with Gasteiger partial charge in [0.15, 0.2) is 0 Å². The Morgan fingerprint density at radius 1 is 1.00 bits per heavy atom. The number of ether oxygens (including phenoxy) is 1. The van der Waals surface area contributed by atoms with Crippen molar-refractivity contribution in [2.75, 3.05) is 13.2 Å². The van der Waals surface area contributed by atoms with Crippen molar-refractivity contribution in [3.8, 4) is 0 Å². The first-order valence-corrected chi connectivity index (χ1v) is 11.0. The first-order valence-electron chi connectivity index (χ1n) is 11.0. The molecule has 3 rings (SSSR count). The minimum Gasteiger partial charge on any atom is -0.464 e. The Kier molecular flexibility index (Phi) is 8.76. The van der Waals surface area contributed by atoms with Gasteiger partial charge in [0.25, 0.3) is 5.91 Å². The number of hydrogen-bond acceptors (Lipinski definition) is 4. The Labute approximate surface area is 191 Å². The molecule has 0 bridgehead atoms. The highest BCUT2D eigenvalue weighted by molar-refractivity contribution is 6.38. The predicted octanol–water partition coefficient (Wildman–Crippen LogP) is 4.99. The molecule has 5 nitrogen and oxygen atoms in total. The number of esters is 1. The average molecular weight is 438 g/mol. The minimum absolute atomic E-state index is 0. The lowest BCUT2D eigenvalue weighted by Crippen LogP contribution is -2.59. The zero-order valence-electron chi connectivity index (χ0n) is 18.5. The number of Topliss-reactive ketones (excluding diaryl/α,β-unsaturated/α-hetero) is 1. The number of ketones is 1. The van der Waals surface area contributed by atoms with Crippen LogP contribution < -0.4 is 0 Å². The van der Waals surface area contributed by atoms with Gasteiger partial charge in [-0.05, 0) is 30.4 Å². The molecule has 2 aromatic carbocycles. The molecule has 0 spiro atoms. The summed E-state index contributed by atoms with van der Waals surface area (Å²) in [6.07, 6.45) is 1.74. The predicted molar refractivity (Wildman–Crippen MR) is 126 cm³/mol. The van der Waals surface area contributed by atoms with Crippen LogP contribution >= 0.6 is 0 Å². The van der Waals surface area contributed by atoms with Gasteiger partial charge in [-0.15, -0.1) is 0 Å². The number of amides is 1. The second-order valence-electron chi connectivity index (χ2n) is 8.70. The fourth-order valence-electron chi connectivity index (χ4n) is 3.73. The number of likely N-dealkylation sites (tertiary alicyclic amines) is 1. The van der Waals surface area contributed by atoms with E-state index < -0.39 is 29.1 Å². The fraction of sp³-hybridized carbons (Fsp3) is 0.444. The number of nitrogens with zero attached hydrogens (tertiary/aromatic N) is 1. The van der Waals surface area contributed by atoms with Crippen molar-refractivity contribution in [1.29, 1.82) is 0 Å². The molecule has 2 aromatic rings. The van der Waals surface area contributed by atoms with Gasteiger partial charge >= 0.3 is 5.97 Å². The van der Waals surface area contributed by atoms with E-state index in [1.54, 1.807) is 13.8 Å². The molecule has 0 radical (unpaired) electrons. The van der Waals surface area contributed by atoms with E-state index in [2.05, 4.69) is 24.3 Å². The summed E-state index contributed by atoms with van der Waals surface area (Å²) in [7, 11) is 0. The van der Waals surface area contributed by atoms with Gasteiger partial charge in [0.05, 0.1) is 6.61 Å². The summed E-state index contributed by atoms with van der Waals surface area (Å²) in [5.41, 5.74) is 1.61. The fourth-order valence-corrected chi connectivity index (χ4v) is 3.73. The molecule has 32 heavy (non-hydrogen) atoms. The SMILES string of the molecule is C.CCC(C)(C)C(=O)C(=O)N1CC[C@H]1C(=O)OCCC(c1ccccc1)c1ccccc1. The number of carbonyl (C=O) groups is 3. The zero-order valence-corrected chi connectivity index (χ0v) is 18.5. The van der Waals surface area contributed by atoms with E-state index in [0.717, 1.165) is 11.1 Å². The zero-order chi connectivity index (χ0) is 22.4. The molecule has 0 aromatic heterocycles. The Morgan fingerprint density at radius 2 is 1.53 bits per heavy atom. The van der Waals surface area contributed by atoms with Crippen LogP contribution in [0.15, 0.2) is 60.7 Å². The molecular formula is C27H35NO4. The van der Waals surface area contributed by atoms with Crippen LogP contribution in [0, 0.1) is 5.41 Å². The molecule has 1 atom stereocenters. The number of carbonyl (C=O) groups excluding carboxylic acids is 3. The van der Waals surface area contributed by atoms with E-state index in [4.69, 9.17) is 4.74 Å². The standard InChI is InChI=1S/C26H31NO4.CH4/c1-4-26(2,3)23(28)24(29)27-17-15-22(27)25(30)31-18-16-21(19-11-7-5-8-12-19)20-13-9-6-10-14-20;/h5-14,21-22H,4,15-18H2,1-3H3;1H4/t22-;/m0./s1. The van der Waals surface area contributed by atoms with Gasteiger partial charge in [-0.25, -0.2) is 4.79 Å². The van der Waals surface area contributed by atoms with E-state index in [-0.39, 0.29) is 20.0 Å². The maximum absolute atomic E-state index is 12.6. The van der Waals surface area contributed by atoms with Crippen molar-refractivity contribution in [3.63, 3.8) is 0 Å². The summed E-state index contributed by atoms with van der Waals surface area (Å²) in [4.78, 5) is 39.0. The Morgan fingerprint density at radius 3 is 1.97 bits per heavy atom. The maximum atomic E-state index is 12.6. The molecule has 1 fully saturated rings. The van der Waals surface area contributed by atoms with Gasteiger partial charge in [-0.2, -0.15) is 0 Å². The lowest BCUT2D eigenvalue weighted by atomic mass is 9.84. The molecule has 0 unspecified atom stereocenters. The highest BCUT2D eigenvalue weighted by Gasteiger charge is 2.44. The average Bonchev–Trinajstić information content (AvgIpc) is 2.76. The Bertz CT molecular complexity index is 868. The monoisotopic (exact) mass is 437 g/mol. The third kappa shape index (κ3) is 5.64. The molecule has 1 heterocycles. The quantitative estimate of drug-likeness (QED) is 0.409. The molecule has 172 valence electrons. The van der Waals surface area contributed by atoms with Crippen molar-refractivity contribution < 1.29 is 19.1 Å². The van der Waals surface area contributed by atoms with E-state index >= 15 is 0 Å². The largest absolute Gasteiger partial charge is 0.464 e. The van der Waals surface area contributed by atoms with Crippen LogP contribution in [0.3, 0.4) is 0 Å². The van der Waals surface area contributed by atoms with Gasteiger partial charge < -0.3 is 9.64 Å². The van der Waals surface area contributed by atoms with Crippen LogP contribution in [0.5, 0.6) is 0 Å². The van der Waals surface area contributed by atoms with Crippen LogP contribution in [-0.4, -0.2) is 41.8 Å². The maximum Gasteiger partial charge on any atom is 0.328 e. The summed E-state index contributed by atoms with van der Waals surface area (Å²) < 4.78 is 5.55. The first kappa shape index (κ1) is 25.3. The molecule has 1 saturated heterocycles. The van der Waals surface area contributed by atoms with E-state index in [1.165, 1.54) is 4.90 Å². The summed E-state index contributed by atoms with van der Waals surface area (Å²) in [6, 6.07) is 19.6. The molecule has 1 aliphatic heterocycles. The number of hydrogen-bond donors (Lipinski definition) is 0. The molecule has 1 amide bonds. The lowest BCUT2D eigenvalue weighted by molar-refractivity contribution is -0.165. The molecule has 0 saturated carbocycles. The summed E-state index contributed by atoms with van der Waals surface area (Å²) in [6.45, 7) is 6.06. The van der Waals surface area contributed by atoms with Crippen molar-refractivity contribution in [2.24, 2.45) is 5.41 Å². The lowest BCUT2D eigenvalue weighted by Gasteiger charge is -2.39. The van der Waals surface area contributed by atoms with Gasteiger partial charge in [0.1, 0.15) is 6.04 Å². The van der Waals surface area contributed by atoms with Gasteiger partial charge in [-0.3, -0.25) is 9.59 Å². The molecule has 0 N–H and O–H groups in total. The highest BCUT2D eigenvalue weighted by atomic mass is 16.5. The topological polar surface area (TPSA) is 63.7 Å². The third-order valence-electron chi connectivity index (χ3n) is 6.30. The van der Waals surface area contributed by atoms with E-state index in [1.807, 2.05) is 43.3 Å². The van der Waals surface area contributed by atoms with Crippen LogP contribution in [0.25, 0.3) is 0 Å². The summed E-state index contributed by atoms with van der Waals surface area (Å²) >= 11 is 0. The van der Waals surface area contributed by atoms with Crippen LogP contribution in [0.2, 0.25) is 0 Å². The van der Waals surface area contributed by atoms with Crippen LogP contribution in [0.4, 0.5) is 0 Å². The van der Waals surface area contributed by atoms with Gasteiger partial charge in [0, 0.05) is 17.9 Å². The van der Waals surface area contributed by atoms with Crippen LogP contribution in [-0.2, 0) is 19.1 Å². The van der Waals surface area contributed by atoms with Crippen molar-refractivity contribution >= 4 is 17.7 Å². The van der Waals surface area contributed by atoms with Crippen molar-refractivity contribution in [2.45, 2.75) is 59.4 Å². The molecule has 0 aliphatic carbocycles. The first-order chi connectivity index (χ1) is 14.8. The molecule has 5 heteroatoms. The smallest absolute Gasteiger partial charge is 0.328 e. The molecular weight excluding hydrogens is 402 g/mol. The minimum atomic E-state index is -0.723. The Balaban J connectivity index is 0.00000363. The van der Waals surface area contributed by atoms with E-state index in [9.17, 15) is 14.4 Å². The van der Waals surface area contributed by atoms with Crippen molar-refractivity contribution in [3.05, 3.63) is 71.8 Å². The third-order valence-corrected chi connectivity index (χ3v) is 6.30. The number of benzene rings is 2. The number of rotatable bonds is 9. The highest BCUT2D eigenvalue weighted by Crippen LogP contribution is 2.29. The summed E-state index contributed by atoms with van der Waals surface area (Å²) in [5.74, 6) is -1.34. The second-order valence-corrected chi connectivity index (χ2v) is 8.70. The van der Waals surface area contributed by atoms with E-state index in [0.29, 0.717) is 25.8 Å². The molecule has 1 aliphatic rings. The normalized spacial score (nSPS) is 15.5. The van der Waals surface area contributed by atoms with Crippen molar-refractivity contribution in [1.82, 2.24) is 4.90 Å².